The van der Waals surface area contributed by atoms with E-state index in [9.17, 15) is 4.79 Å². The number of hydrogen-bond acceptors (Lipinski definition) is 4. The van der Waals surface area contributed by atoms with Crippen molar-refractivity contribution in [2.45, 2.75) is 20.8 Å². The molecule has 0 amide bonds. The summed E-state index contributed by atoms with van der Waals surface area (Å²) >= 11 is 0. The molecule has 5 nitrogen and oxygen atoms in total. The van der Waals surface area contributed by atoms with Crippen LogP contribution in [0.3, 0.4) is 0 Å². The normalized spacial score (nSPS) is 24.1. The van der Waals surface area contributed by atoms with E-state index in [1.165, 1.54) is 0 Å². The number of hydrogen-bond donors (Lipinski definition) is 1. The fourth-order valence-corrected chi connectivity index (χ4v) is 2.33. The fraction of sp³-hybridized carbons (Fsp3) is 0.583. The molecule has 2 rings (SSSR count). The summed E-state index contributed by atoms with van der Waals surface area (Å²) in [6.45, 7) is 7.02. The Morgan fingerprint density at radius 3 is 2.65 bits per heavy atom. The zero-order valence-corrected chi connectivity index (χ0v) is 10.3. The third-order valence-electron chi connectivity index (χ3n) is 3.21. The molecule has 2 heterocycles. The molecule has 1 aliphatic rings. The molecule has 0 aliphatic carbocycles. The highest BCUT2D eigenvalue weighted by molar-refractivity contribution is 5.72. The minimum absolute atomic E-state index is 0.156. The van der Waals surface area contributed by atoms with Gasteiger partial charge in [-0.25, -0.2) is 9.97 Å². The van der Waals surface area contributed by atoms with Crippen LogP contribution in [0.1, 0.15) is 18.4 Å². The van der Waals surface area contributed by atoms with Crippen molar-refractivity contribution in [2.75, 3.05) is 18.0 Å². The molecule has 1 aromatic heterocycles. The van der Waals surface area contributed by atoms with Crippen LogP contribution in [0, 0.1) is 25.7 Å². The molecule has 1 fully saturated rings. The number of carbonyl (C=O) groups is 1. The van der Waals surface area contributed by atoms with Crippen molar-refractivity contribution in [3.8, 4) is 0 Å². The first kappa shape index (κ1) is 11.8. The van der Waals surface area contributed by atoms with Gasteiger partial charge in [-0.2, -0.15) is 0 Å². The molecule has 1 N–H and O–H groups in total. The zero-order chi connectivity index (χ0) is 12.6. The molecule has 2 unspecified atom stereocenters. The number of anilines is 1. The topological polar surface area (TPSA) is 66.3 Å². The lowest BCUT2D eigenvalue weighted by Gasteiger charge is -2.17. The summed E-state index contributed by atoms with van der Waals surface area (Å²) in [4.78, 5) is 21.7. The van der Waals surface area contributed by atoms with E-state index in [1.54, 1.807) is 0 Å². The standard InChI is InChI=1S/C12H17N3O2/c1-7-5-15(6-10(7)12(16)17)11-4-8(2)13-9(3)14-11/h4,7,10H,5-6H2,1-3H3,(H,16,17). The summed E-state index contributed by atoms with van der Waals surface area (Å²) in [6, 6.07) is 1.91. The fourth-order valence-electron chi connectivity index (χ4n) is 2.33. The predicted octanol–water partition coefficient (Wildman–Crippen LogP) is 1.25. The average molecular weight is 235 g/mol. The summed E-state index contributed by atoms with van der Waals surface area (Å²) in [5.74, 6) is 0.702. The zero-order valence-electron chi connectivity index (χ0n) is 10.3. The molecule has 1 aliphatic heterocycles. The Morgan fingerprint density at radius 2 is 2.12 bits per heavy atom. The second kappa shape index (κ2) is 4.31. The number of carboxylic acids is 1. The molecule has 0 bridgehead atoms. The average Bonchev–Trinajstić information content (AvgIpc) is 2.59. The lowest BCUT2D eigenvalue weighted by atomic mass is 9.99. The Hall–Kier alpha value is -1.65. The summed E-state index contributed by atoms with van der Waals surface area (Å²) in [5, 5.41) is 9.10. The summed E-state index contributed by atoms with van der Waals surface area (Å²) in [6.07, 6.45) is 0. The smallest absolute Gasteiger partial charge is 0.308 e. The lowest BCUT2D eigenvalue weighted by molar-refractivity contribution is -0.142. The van der Waals surface area contributed by atoms with Crippen molar-refractivity contribution in [3.05, 3.63) is 17.6 Å². The minimum atomic E-state index is -0.720. The molecule has 1 aromatic rings. The highest BCUT2D eigenvalue weighted by atomic mass is 16.4. The van der Waals surface area contributed by atoms with Crippen LogP contribution in [0.4, 0.5) is 5.82 Å². The molecular weight excluding hydrogens is 218 g/mol. The molecule has 0 spiro atoms. The SMILES string of the molecule is Cc1cc(N2CC(C)C(C(=O)O)C2)nc(C)n1. The van der Waals surface area contributed by atoms with Gasteiger partial charge in [0.15, 0.2) is 0 Å². The number of rotatable bonds is 2. The van der Waals surface area contributed by atoms with Gasteiger partial charge in [-0.3, -0.25) is 4.79 Å². The van der Waals surface area contributed by atoms with Crippen LogP contribution in [-0.4, -0.2) is 34.1 Å². The minimum Gasteiger partial charge on any atom is -0.481 e. The number of aromatic nitrogens is 2. The van der Waals surface area contributed by atoms with Crippen LogP contribution in [0.5, 0.6) is 0 Å². The van der Waals surface area contributed by atoms with E-state index in [0.29, 0.717) is 6.54 Å². The monoisotopic (exact) mass is 235 g/mol. The van der Waals surface area contributed by atoms with Crippen molar-refractivity contribution < 1.29 is 9.90 Å². The first-order valence-corrected chi connectivity index (χ1v) is 5.77. The van der Waals surface area contributed by atoms with E-state index in [2.05, 4.69) is 9.97 Å². The molecule has 0 aromatic carbocycles. The molecule has 0 saturated carbocycles. The number of aryl methyl sites for hydroxylation is 2. The maximum atomic E-state index is 11.1. The largest absolute Gasteiger partial charge is 0.481 e. The Labute approximate surface area is 100 Å². The Morgan fingerprint density at radius 1 is 1.41 bits per heavy atom. The van der Waals surface area contributed by atoms with E-state index >= 15 is 0 Å². The van der Waals surface area contributed by atoms with Gasteiger partial charge in [0.25, 0.3) is 0 Å². The van der Waals surface area contributed by atoms with Gasteiger partial charge in [0.2, 0.25) is 0 Å². The molecule has 17 heavy (non-hydrogen) atoms. The van der Waals surface area contributed by atoms with Gasteiger partial charge in [0.05, 0.1) is 5.92 Å². The molecule has 92 valence electrons. The van der Waals surface area contributed by atoms with Crippen LogP contribution in [0.25, 0.3) is 0 Å². The van der Waals surface area contributed by atoms with Gasteiger partial charge in [0, 0.05) is 24.8 Å². The van der Waals surface area contributed by atoms with Gasteiger partial charge in [-0.1, -0.05) is 6.92 Å². The maximum absolute atomic E-state index is 11.1. The first-order chi connectivity index (χ1) is 7.97. The lowest BCUT2D eigenvalue weighted by Crippen LogP contribution is -2.24. The van der Waals surface area contributed by atoms with Crippen molar-refractivity contribution in [1.82, 2.24) is 9.97 Å². The number of aliphatic carboxylic acids is 1. The molecule has 1 saturated heterocycles. The predicted molar refractivity (Wildman–Crippen MR) is 64.0 cm³/mol. The van der Waals surface area contributed by atoms with Crippen LogP contribution in [0.15, 0.2) is 6.07 Å². The third kappa shape index (κ3) is 2.38. The van der Waals surface area contributed by atoms with Crippen molar-refractivity contribution in [1.29, 1.82) is 0 Å². The van der Waals surface area contributed by atoms with Crippen LogP contribution in [0.2, 0.25) is 0 Å². The quantitative estimate of drug-likeness (QED) is 0.835. The van der Waals surface area contributed by atoms with Crippen molar-refractivity contribution in [3.63, 3.8) is 0 Å². The van der Waals surface area contributed by atoms with E-state index in [1.807, 2.05) is 31.7 Å². The van der Waals surface area contributed by atoms with E-state index in [4.69, 9.17) is 5.11 Å². The van der Waals surface area contributed by atoms with E-state index in [-0.39, 0.29) is 11.8 Å². The van der Waals surface area contributed by atoms with Gasteiger partial charge in [-0.15, -0.1) is 0 Å². The number of nitrogens with zero attached hydrogens (tertiary/aromatic N) is 3. The second-order valence-corrected chi connectivity index (χ2v) is 4.74. The first-order valence-electron chi connectivity index (χ1n) is 5.77. The van der Waals surface area contributed by atoms with Crippen LogP contribution in [-0.2, 0) is 4.79 Å². The van der Waals surface area contributed by atoms with Crippen molar-refractivity contribution in [2.24, 2.45) is 11.8 Å². The van der Waals surface area contributed by atoms with Gasteiger partial charge >= 0.3 is 5.97 Å². The summed E-state index contributed by atoms with van der Waals surface area (Å²) in [7, 11) is 0. The van der Waals surface area contributed by atoms with E-state index < -0.39 is 5.97 Å². The second-order valence-electron chi connectivity index (χ2n) is 4.74. The maximum Gasteiger partial charge on any atom is 0.308 e. The Kier molecular flexibility index (Phi) is 3.00. The van der Waals surface area contributed by atoms with Gasteiger partial charge < -0.3 is 10.0 Å². The highest BCUT2D eigenvalue weighted by Gasteiger charge is 2.35. The molecule has 0 radical (unpaired) electrons. The highest BCUT2D eigenvalue weighted by Crippen LogP contribution is 2.27. The van der Waals surface area contributed by atoms with Crippen LogP contribution >= 0.6 is 0 Å². The van der Waals surface area contributed by atoms with Gasteiger partial charge in [-0.05, 0) is 19.8 Å². The van der Waals surface area contributed by atoms with Gasteiger partial charge in [0.1, 0.15) is 11.6 Å². The van der Waals surface area contributed by atoms with E-state index in [0.717, 1.165) is 23.9 Å². The Balaban J connectivity index is 2.22. The molecule has 5 heteroatoms. The Bertz CT molecular complexity index is 427. The third-order valence-corrected chi connectivity index (χ3v) is 3.21. The molecule has 2 atom stereocenters. The summed E-state index contributed by atoms with van der Waals surface area (Å²) in [5.41, 5.74) is 0.916. The van der Waals surface area contributed by atoms with Crippen molar-refractivity contribution >= 4 is 11.8 Å². The van der Waals surface area contributed by atoms with Crippen LogP contribution < -0.4 is 4.90 Å². The summed E-state index contributed by atoms with van der Waals surface area (Å²) < 4.78 is 0. The number of carboxylic acid groups (broad SMARTS) is 1. The molecular formula is C12H17N3O2.